The normalized spacial score (nSPS) is 15.9. The average molecular weight is 540 g/mol. The van der Waals surface area contributed by atoms with Crippen LogP contribution in [0, 0.1) is 0 Å². The smallest absolute Gasteiger partial charge is 0.269 e. The van der Waals surface area contributed by atoms with Crippen molar-refractivity contribution in [1.29, 1.82) is 0 Å². The Kier molecular flexibility index (Phi) is 8.46. The Hall–Kier alpha value is -2.62. The molecule has 11 heteroatoms. The van der Waals surface area contributed by atoms with Gasteiger partial charge in [0.25, 0.3) is 15.9 Å². The van der Waals surface area contributed by atoms with Gasteiger partial charge < -0.3 is 10.2 Å². The van der Waals surface area contributed by atoms with E-state index in [1.165, 1.54) is 23.1 Å². The molecule has 35 heavy (non-hydrogen) atoms. The lowest BCUT2D eigenvalue weighted by atomic mass is 10.1. The van der Waals surface area contributed by atoms with Crippen molar-refractivity contribution < 1.29 is 22.8 Å². The van der Waals surface area contributed by atoms with Gasteiger partial charge in [-0.1, -0.05) is 48.3 Å². The number of hydrogen-bond donors (Lipinski definition) is 1. The standard InChI is InChI=1S/C24H27Cl2N3O5S/c1-4-15(2)27-23(31)16(3)28(14-18-19(25)9-7-10-20(18)26)22(30)12-13-29-24(32)17-8-5-6-11-21(17)35(29,33)34/h5-11,15-16H,4,12-14H2,1-3H3,(H,27,31). The van der Waals surface area contributed by atoms with Gasteiger partial charge in [-0.3, -0.25) is 14.4 Å². The zero-order valence-electron chi connectivity index (χ0n) is 19.6. The van der Waals surface area contributed by atoms with Crippen LogP contribution in [0.4, 0.5) is 0 Å². The Balaban J connectivity index is 1.84. The van der Waals surface area contributed by atoms with Crippen LogP contribution < -0.4 is 5.32 Å². The first-order chi connectivity index (χ1) is 16.5. The molecule has 0 aliphatic carbocycles. The number of carbonyl (C=O) groups excluding carboxylic acids is 3. The highest BCUT2D eigenvalue weighted by Gasteiger charge is 2.41. The van der Waals surface area contributed by atoms with E-state index in [1.807, 2.05) is 13.8 Å². The predicted molar refractivity (Wildman–Crippen MR) is 134 cm³/mol. The van der Waals surface area contributed by atoms with Gasteiger partial charge in [-0.15, -0.1) is 0 Å². The summed E-state index contributed by atoms with van der Waals surface area (Å²) in [5.41, 5.74) is 0.533. The molecule has 0 bridgehead atoms. The van der Waals surface area contributed by atoms with Crippen LogP contribution in [0.5, 0.6) is 0 Å². The second-order valence-electron chi connectivity index (χ2n) is 8.34. The van der Waals surface area contributed by atoms with Crippen molar-refractivity contribution in [2.75, 3.05) is 6.54 Å². The Morgan fingerprint density at radius 3 is 2.29 bits per heavy atom. The van der Waals surface area contributed by atoms with Crippen LogP contribution in [0.3, 0.4) is 0 Å². The second kappa shape index (κ2) is 11.0. The first kappa shape index (κ1) is 27.0. The van der Waals surface area contributed by atoms with Gasteiger partial charge in [0.2, 0.25) is 11.8 Å². The minimum absolute atomic E-state index is 0.0621. The van der Waals surface area contributed by atoms with Gasteiger partial charge >= 0.3 is 0 Å². The molecule has 0 spiro atoms. The maximum atomic E-state index is 13.3. The van der Waals surface area contributed by atoms with E-state index in [2.05, 4.69) is 5.32 Å². The van der Waals surface area contributed by atoms with Crippen LogP contribution in [-0.4, -0.2) is 54.0 Å². The summed E-state index contributed by atoms with van der Waals surface area (Å²) in [7, 11) is -4.05. The number of hydrogen-bond acceptors (Lipinski definition) is 5. The Morgan fingerprint density at radius 2 is 1.69 bits per heavy atom. The molecule has 1 aliphatic rings. The van der Waals surface area contributed by atoms with Gasteiger partial charge in [0.1, 0.15) is 10.9 Å². The zero-order chi connectivity index (χ0) is 25.9. The molecule has 1 aliphatic heterocycles. The average Bonchev–Trinajstić information content (AvgIpc) is 3.02. The number of sulfonamides is 1. The summed E-state index contributed by atoms with van der Waals surface area (Å²) in [4.78, 5) is 40.1. The topological polar surface area (TPSA) is 104 Å². The Morgan fingerprint density at radius 1 is 1.06 bits per heavy atom. The first-order valence-electron chi connectivity index (χ1n) is 11.2. The summed E-state index contributed by atoms with van der Waals surface area (Å²) < 4.78 is 26.4. The Labute approximate surface area is 215 Å². The van der Waals surface area contributed by atoms with Gasteiger partial charge in [-0.05, 0) is 44.5 Å². The lowest BCUT2D eigenvalue weighted by Crippen LogP contribution is -2.50. The summed E-state index contributed by atoms with van der Waals surface area (Å²) in [6, 6.07) is 9.83. The molecule has 0 saturated carbocycles. The summed E-state index contributed by atoms with van der Waals surface area (Å²) in [5.74, 6) is -1.57. The van der Waals surface area contributed by atoms with E-state index in [1.54, 1.807) is 31.2 Å². The molecule has 2 aromatic carbocycles. The molecule has 0 fully saturated rings. The number of halogens is 2. The molecule has 2 atom stereocenters. The fraction of sp³-hybridized carbons (Fsp3) is 0.375. The van der Waals surface area contributed by atoms with E-state index in [0.717, 1.165) is 0 Å². The van der Waals surface area contributed by atoms with E-state index >= 15 is 0 Å². The molecule has 2 aromatic rings. The van der Waals surface area contributed by atoms with Gasteiger partial charge in [-0.2, -0.15) is 0 Å². The molecule has 8 nitrogen and oxygen atoms in total. The minimum Gasteiger partial charge on any atom is -0.352 e. The van der Waals surface area contributed by atoms with Gasteiger partial charge in [0, 0.05) is 41.2 Å². The van der Waals surface area contributed by atoms with Gasteiger partial charge in [-0.25, -0.2) is 12.7 Å². The van der Waals surface area contributed by atoms with Gasteiger partial charge in [0.15, 0.2) is 0 Å². The maximum Gasteiger partial charge on any atom is 0.269 e. The quantitative estimate of drug-likeness (QED) is 0.520. The molecule has 1 heterocycles. The summed E-state index contributed by atoms with van der Waals surface area (Å²) in [5, 5.41) is 3.51. The largest absolute Gasteiger partial charge is 0.352 e. The van der Waals surface area contributed by atoms with Crippen molar-refractivity contribution >= 4 is 50.9 Å². The molecule has 3 amide bonds. The minimum atomic E-state index is -4.05. The van der Waals surface area contributed by atoms with E-state index in [9.17, 15) is 22.8 Å². The second-order valence-corrected chi connectivity index (χ2v) is 11.0. The molecule has 0 aromatic heterocycles. The number of fused-ring (bicyclic) bond motifs is 1. The van der Waals surface area contributed by atoms with E-state index in [-0.39, 0.29) is 41.9 Å². The number of nitrogens with zero attached hydrogens (tertiary/aromatic N) is 2. The molecular weight excluding hydrogens is 513 g/mol. The van der Waals surface area contributed by atoms with E-state index < -0.39 is 27.9 Å². The highest BCUT2D eigenvalue weighted by atomic mass is 35.5. The first-order valence-corrected chi connectivity index (χ1v) is 13.4. The highest BCUT2D eigenvalue weighted by molar-refractivity contribution is 7.90. The SMILES string of the molecule is CCC(C)NC(=O)C(C)N(Cc1c(Cl)cccc1Cl)C(=O)CCN1C(=O)c2ccccc2S1(=O)=O. The van der Waals surface area contributed by atoms with Crippen LogP contribution in [0.1, 0.15) is 49.5 Å². The molecule has 1 N–H and O–H groups in total. The predicted octanol–water partition coefficient (Wildman–Crippen LogP) is 3.86. The highest BCUT2D eigenvalue weighted by Crippen LogP contribution is 2.31. The van der Waals surface area contributed by atoms with Crippen molar-refractivity contribution in [3.8, 4) is 0 Å². The monoisotopic (exact) mass is 539 g/mol. The number of benzene rings is 2. The molecule has 2 unspecified atom stereocenters. The van der Waals surface area contributed by atoms with E-state index in [0.29, 0.717) is 26.3 Å². The summed E-state index contributed by atoms with van der Waals surface area (Å²) in [6.45, 7) is 4.93. The molecule has 3 rings (SSSR count). The summed E-state index contributed by atoms with van der Waals surface area (Å²) >= 11 is 12.6. The van der Waals surface area contributed by atoms with Crippen molar-refractivity contribution in [3.63, 3.8) is 0 Å². The van der Waals surface area contributed by atoms with Crippen LogP contribution in [0.15, 0.2) is 47.4 Å². The lowest BCUT2D eigenvalue weighted by molar-refractivity contribution is -0.140. The van der Waals surface area contributed by atoms with Crippen molar-refractivity contribution in [2.24, 2.45) is 0 Å². The van der Waals surface area contributed by atoms with Crippen molar-refractivity contribution in [2.45, 2.75) is 57.1 Å². The van der Waals surface area contributed by atoms with Crippen molar-refractivity contribution in [1.82, 2.24) is 14.5 Å². The number of carbonyl (C=O) groups is 3. The van der Waals surface area contributed by atoms with Crippen LogP contribution >= 0.6 is 23.2 Å². The molecule has 0 saturated heterocycles. The maximum absolute atomic E-state index is 13.3. The van der Waals surface area contributed by atoms with Crippen molar-refractivity contribution in [3.05, 3.63) is 63.6 Å². The third-order valence-corrected chi connectivity index (χ3v) is 8.55. The summed E-state index contributed by atoms with van der Waals surface area (Å²) in [6.07, 6.45) is 0.389. The van der Waals surface area contributed by atoms with E-state index in [4.69, 9.17) is 23.2 Å². The third-order valence-electron chi connectivity index (χ3n) is 6.00. The number of amides is 3. The van der Waals surface area contributed by atoms with Gasteiger partial charge in [0.05, 0.1) is 5.56 Å². The number of nitrogens with one attached hydrogen (secondary N) is 1. The van der Waals surface area contributed by atoms with Crippen LogP contribution in [0.2, 0.25) is 10.0 Å². The molecular formula is C24H27Cl2N3O5S. The fourth-order valence-corrected chi connectivity index (χ4v) is 5.78. The van der Waals surface area contributed by atoms with Crippen LogP contribution in [0.25, 0.3) is 0 Å². The third kappa shape index (κ3) is 5.63. The molecule has 188 valence electrons. The fourth-order valence-electron chi connectivity index (χ4n) is 3.69. The molecule has 0 radical (unpaired) electrons. The lowest BCUT2D eigenvalue weighted by Gasteiger charge is -2.30. The number of rotatable bonds is 9. The zero-order valence-corrected chi connectivity index (χ0v) is 22.0. The Bertz CT molecular complexity index is 1230. The van der Waals surface area contributed by atoms with Crippen LogP contribution in [-0.2, 0) is 26.2 Å².